The van der Waals surface area contributed by atoms with E-state index in [0.717, 1.165) is 44.0 Å². The molecule has 18 heavy (non-hydrogen) atoms. The lowest BCUT2D eigenvalue weighted by molar-refractivity contribution is 0.0165. The Morgan fingerprint density at radius 1 is 1.22 bits per heavy atom. The van der Waals surface area contributed by atoms with E-state index in [1.54, 1.807) is 0 Å². The second-order valence-corrected chi connectivity index (χ2v) is 5.74. The Morgan fingerprint density at radius 3 is 2.56 bits per heavy atom. The highest BCUT2D eigenvalue weighted by Crippen LogP contribution is 2.25. The standard InChI is InChI=1S/C13H24BrNO3/c14-8-2-1-3-9-18-12-6-4-11(5-7-12)10-15-13(16)17/h11-12,15H,1-10H2,(H,16,17). The van der Waals surface area contributed by atoms with Crippen LogP contribution in [0.3, 0.4) is 0 Å². The third kappa shape index (κ3) is 7.21. The summed E-state index contributed by atoms with van der Waals surface area (Å²) >= 11 is 3.42. The number of hydrogen-bond acceptors (Lipinski definition) is 2. The van der Waals surface area contributed by atoms with Gasteiger partial charge in [0, 0.05) is 18.5 Å². The van der Waals surface area contributed by atoms with Gasteiger partial charge in [0.05, 0.1) is 6.10 Å². The molecule has 1 saturated carbocycles. The number of hydrogen-bond donors (Lipinski definition) is 2. The summed E-state index contributed by atoms with van der Waals surface area (Å²) in [6.07, 6.45) is 7.37. The van der Waals surface area contributed by atoms with Gasteiger partial charge in [-0.2, -0.15) is 0 Å². The maximum absolute atomic E-state index is 10.4. The van der Waals surface area contributed by atoms with E-state index in [1.807, 2.05) is 0 Å². The molecule has 0 bridgehead atoms. The third-order valence-electron chi connectivity index (χ3n) is 3.47. The number of unbranched alkanes of at least 4 members (excludes halogenated alkanes) is 2. The van der Waals surface area contributed by atoms with Gasteiger partial charge in [0.1, 0.15) is 0 Å². The Bertz CT molecular complexity index is 230. The van der Waals surface area contributed by atoms with Gasteiger partial charge >= 0.3 is 6.09 Å². The van der Waals surface area contributed by atoms with Gasteiger partial charge in [-0.05, 0) is 44.4 Å². The van der Waals surface area contributed by atoms with Crippen molar-refractivity contribution in [3.63, 3.8) is 0 Å². The van der Waals surface area contributed by atoms with Gasteiger partial charge < -0.3 is 15.2 Å². The Kier molecular flexibility index (Phi) is 8.42. The van der Waals surface area contributed by atoms with Crippen LogP contribution in [0.15, 0.2) is 0 Å². The summed E-state index contributed by atoms with van der Waals surface area (Å²) < 4.78 is 5.85. The summed E-state index contributed by atoms with van der Waals surface area (Å²) in [4.78, 5) is 10.4. The van der Waals surface area contributed by atoms with Crippen LogP contribution >= 0.6 is 15.9 Å². The molecule has 0 atom stereocenters. The summed E-state index contributed by atoms with van der Waals surface area (Å²) in [6, 6.07) is 0. The van der Waals surface area contributed by atoms with Crippen molar-refractivity contribution in [3.8, 4) is 0 Å². The van der Waals surface area contributed by atoms with E-state index < -0.39 is 6.09 Å². The molecule has 1 rings (SSSR count). The van der Waals surface area contributed by atoms with Gasteiger partial charge in [0.25, 0.3) is 0 Å². The van der Waals surface area contributed by atoms with Gasteiger partial charge in [-0.15, -0.1) is 0 Å². The average Bonchev–Trinajstić information content (AvgIpc) is 2.37. The molecule has 0 aliphatic heterocycles. The van der Waals surface area contributed by atoms with Crippen molar-refractivity contribution in [2.24, 2.45) is 5.92 Å². The Morgan fingerprint density at radius 2 is 1.94 bits per heavy atom. The van der Waals surface area contributed by atoms with Crippen molar-refractivity contribution in [1.82, 2.24) is 5.32 Å². The van der Waals surface area contributed by atoms with Gasteiger partial charge in [0.15, 0.2) is 0 Å². The van der Waals surface area contributed by atoms with E-state index in [9.17, 15) is 4.79 Å². The van der Waals surface area contributed by atoms with Crippen LogP contribution in [-0.4, -0.2) is 35.8 Å². The van der Waals surface area contributed by atoms with Crippen molar-refractivity contribution in [2.45, 2.75) is 51.0 Å². The molecule has 1 fully saturated rings. The predicted molar refractivity (Wildman–Crippen MR) is 75.4 cm³/mol. The van der Waals surface area contributed by atoms with Crippen LogP contribution in [0.4, 0.5) is 4.79 Å². The molecular weight excluding hydrogens is 298 g/mol. The maximum atomic E-state index is 10.4. The number of carbonyl (C=O) groups is 1. The minimum Gasteiger partial charge on any atom is -0.465 e. The minimum absolute atomic E-state index is 0.398. The first kappa shape index (κ1) is 15.8. The van der Waals surface area contributed by atoms with Crippen LogP contribution in [0.5, 0.6) is 0 Å². The first-order chi connectivity index (χ1) is 8.72. The minimum atomic E-state index is -0.917. The maximum Gasteiger partial charge on any atom is 0.404 e. The SMILES string of the molecule is O=C(O)NCC1CCC(OCCCCCBr)CC1. The Balaban J connectivity index is 1.99. The van der Waals surface area contributed by atoms with Gasteiger partial charge in [-0.1, -0.05) is 22.4 Å². The zero-order valence-electron chi connectivity index (χ0n) is 10.9. The first-order valence-corrected chi connectivity index (χ1v) is 7.99. The van der Waals surface area contributed by atoms with Gasteiger partial charge in [0.2, 0.25) is 0 Å². The molecule has 0 saturated heterocycles. The lowest BCUT2D eigenvalue weighted by atomic mass is 9.87. The quantitative estimate of drug-likeness (QED) is 0.532. The summed E-state index contributed by atoms with van der Waals surface area (Å²) in [5.74, 6) is 0.495. The normalized spacial score (nSPS) is 23.8. The molecule has 5 heteroatoms. The van der Waals surface area contributed by atoms with Gasteiger partial charge in [-0.25, -0.2) is 4.79 Å². The van der Waals surface area contributed by atoms with E-state index >= 15 is 0 Å². The number of halogens is 1. The number of nitrogens with one attached hydrogen (secondary N) is 1. The Hall–Kier alpha value is -0.290. The summed E-state index contributed by atoms with van der Waals surface area (Å²) in [7, 11) is 0. The number of ether oxygens (including phenoxy) is 1. The zero-order valence-corrected chi connectivity index (χ0v) is 12.5. The lowest BCUT2D eigenvalue weighted by Crippen LogP contribution is -2.31. The second kappa shape index (κ2) is 9.62. The molecule has 0 unspecified atom stereocenters. The fourth-order valence-corrected chi connectivity index (χ4v) is 2.75. The summed E-state index contributed by atoms with van der Waals surface area (Å²) in [6.45, 7) is 1.46. The van der Waals surface area contributed by atoms with Crippen LogP contribution in [0, 0.1) is 5.92 Å². The van der Waals surface area contributed by atoms with Crippen molar-refractivity contribution in [1.29, 1.82) is 0 Å². The molecule has 0 aromatic heterocycles. The van der Waals surface area contributed by atoms with E-state index in [1.165, 1.54) is 12.8 Å². The van der Waals surface area contributed by atoms with Crippen molar-refractivity contribution in [3.05, 3.63) is 0 Å². The fraction of sp³-hybridized carbons (Fsp3) is 0.923. The predicted octanol–water partition coefficient (Wildman–Crippen LogP) is 3.39. The Labute approximate surface area is 118 Å². The lowest BCUT2D eigenvalue weighted by Gasteiger charge is -2.28. The van der Waals surface area contributed by atoms with E-state index in [2.05, 4.69) is 21.2 Å². The first-order valence-electron chi connectivity index (χ1n) is 6.86. The molecule has 0 aromatic rings. The average molecular weight is 322 g/mol. The van der Waals surface area contributed by atoms with Crippen LogP contribution in [0.25, 0.3) is 0 Å². The second-order valence-electron chi connectivity index (χ2n) is 4.95. The number of alkyl halides is 1. The summed E-state index contributed by atoms with van der Waals surface area (Å²) in [5.41, 5.74) is 0. The molecule has 4 nitrogen and oxygen atoms in total. The van der Waals surface area contributed by atoms with Gasteiger partial charge in [-0.3, -0.25) is 0 Å². The molecule has 1 amide bonds. The van der Waals surface area contributed by atoms with Crippen LogP contribution < -0.4 is 5.32 Å². The highest BCUT2D eigenvalue weighted by molar-refractivity contribution is 9.09. The molecular formula is C13H24BrNO3. The molecule has 1 aliphatic rings. The largest absolute Gasteiger partial charge is 0.465 e. The molecule has 2 N–H and O–H groups in total. The van der Waals surface area contributed by atoms with Crippen molar-refractivity contribution < 1.29 is 14.6 Å². The number of amides is 1. The highest BCUT2D eigenvalue weighted by atomic mass is 79.9. The topological polar surface area (TPSA) is 58.6 Å². The molecule has 1 aliphatic carbocycles. The van der Waals surface area contributed by atoms with Crippen molar-refractivity contribution in [2.75, 3.05) is 18.5 Å². The summed E-state index contributed by atoms with van der Waals surface area (Å²) in [5, 5.41) is 12.1. The fourth-order valence-electron chi connectivity index (χ4n) is 2.36. The number of rotatable bonds is 8. The third-order valence-corrected chi connectivity index (χ3v) is 4.03. The smallest absolute Gasteiger partial charge is 0.404 e. The van der Waals surface area contributed by atoms with Crippen LogP contribution in [-0.2, 0) is 4.74 Å². The zero-order chi connectivity index (χ0) is 13.2. The molecule has 0 spiro atoms. The van der Waals surface area contributed by atoms with E-state index in [-0.39, 0.29) is 0 Å². The van der Waals surface area contributed by atoms with Crippen LogP contribution in [0.2, 0.25) is 0 Å². The van der Waals surface area contributed by atoms with E-state index in [0.29, 0.717) is 18.6 Å². The molecule has 0 heterocycles. The number of carboxylic acid groups (broad SMARTS) is 1. The van der Waals surface area contributed by atoms with E-state index in [4.69, 9.17) is 9.84 Å². The van der Waals surface area contributed by atoms with Crippen molar-refractivity contribution >= 4 is 22.0 Å². The molecule has 0 radical (unpaired) electrons. The van der Waals surface area contributed by atoms with Crippen LogP contribution in [0.1, 0.15) is 44.9 Å². The highest BCUT2D eigenvalue weighted by Gasteiger charge is 2.21. The molecule has 106 valence electrons. The molecule has 0 aromatic carbocycles. The monoisotopic (exact) mass is 321 g/mol.